The van der Waals surface area contributed by atoms with Gasteiger partial charge in [-0.3, -0.25) is 15.5 Å². The van der Waals surface area contributed by atoms with Gasteiger partial charge in [0.2, 0.25) is 0 Å². The summed E-state index contributed by atoms with van der Waals surface area (Å²) in [7, 11) is 0. The molecule has 0 unspecified atom stereocenters. The Morgan fingerprint density at radius 3 is 2.75 bits per heavy atom. The van der Waals surface area contributed by atoms with Crippen molar-refractivity contribution in [3.05, 3.63) is 68.7 Å². The minimum absolute atomic E-state index is 0.0756. The maximum atomic E-state index is 10.8. The Morgan fingerprint density at radius 1 is 1.30 bits per heavy atom. The Labute approximate surface area is 121 Å². The average Bonchev–Trinajstić information content (AvgIpc) is 2.42. The van der Waals surface area contributed by atoms with E-state index in [1.165, 1.54) is 12.3 Å². The van der Waals surface area contributed by atoms with Crippen LogP contribution in [0.15, 0.2) is 47.6 Å². The molecule has 0 spiro atoms. The third-order valence-corrected chi connectivity index (χ3v) is 3.03. The van der Waals surface area contributed by atoms with Crippen LogP contribution in [-0.4, -0.2) is 11.1 Å². The van der Waals surface area contributed by atoms with Crippen molar-refractivity contribution in [1.29, 1.82) is 0 Å². The molecule has 0 aliphatic heterocycles. The number of nitro benzene ring substituents is 1. The van der Waals surface area contributed by atoms with Crippen LogP contribution >= 0.6 is 11.6 Å². The maximum absolute atomic E-state index is 10.8. The van der Waals surface area contributed by atoms with Crippen LogP contribution in [-0.2, 0) is 0 Å². The number of para-hydroxylation sites is 1. The molecule has 0 aliphatic carbocycles. The first kappa shape index (κ1) is 14.0. The number of halogens is 1. The number of nitro groups is 1. The molecule has 20 heavy (non-hydrogen) atoms. The van der Waals surface area contributed by atoms with E-state index in [1.807, 2.05) is 12.1 Å². The van der Waals surface area contributed by atoms with Crippen LogP contribution in [0.4, 0.5) is 11.4 Å². The molecule has 0 aromatic heterocycles. The zero-order chi connectivity index (χ0) is 14.5. The molecule has 102 valence electrons. The van der Waals surface area contributed by atoms with Gasteiger partial charge in [-0.05, 0) is 19.1 Å². The van der Waals surface area contributed by atoms with Gasteiger partial charge in [-0.2, -0.15) is 5.10 Å². The van der Waals surface area contributed by atoms with Crippen molar-refractivity contribution in [2.24, 2.45) is 5.10 Å². The normalized spacial score (nSPS) is 10.7. The fourth-order valence-corrected chi connectivity index (χ4v) is 1.81. The van der Waals surface area contributed by atoms with Crippen LogP contribution < -0.4 is 5.43 Å². The molecule has 2 rings (SSSR count). The summed E-state index contributed by atoms with van der Waals surface area (Å²) >= 11 is 5.97. The van der Waals surface area contributed by atoms with Gasteiger partial charge in [0, 0.05) is 17.2 Å². The van der Waals surface area contributed by atoms with Gasteiger partial charge in [-0.15, -0.1) is 0 Å². The minimum atomic E-state index is -0.409. The number of nitrogens with one attached hydrogen (secondary N) is 1. The summed E-state index contributed by atoms with van der Waals surface area (Å²) < 4.78 is 0. The molecular formula is C14H12ClN3O2. The van der Waals surface area contributed by atoms with Crippen molar-refractivity contribution in [3.63, 3.8) is 0 Å². The van der Waals surface area contributed by atoms with Crippen LogP contribution in [0, 0.1) is 17.0 Å². The first-order valence-electron chi connectivity index (χ1n) is 5.86. The molecule has 0 radical (unpaired) electrons. The highest BCUT2D eigenvalue weighted by atomic mass is 35.5. The van der Waals surface area contributed by atoms with Crippen LogP contribution in [0.2, 0.25) is 5.02 Å². The summed E-state index contributed by atoms with van der Waals surface area (Å²) in [6.45, 7) is 1.70. The summed E-state index contributed by atoms with van der Waals surface area (Å²) in [5.41, 5.74) is 4.80. The molecule has 0 bridgehead atoms. The van der Waals surface area contributed by atoms with E-state index in [0.717, 1.165) is 0 Å². The summed E-state index contributed by atoms with van der Waals surface area (Å²) in [4.78, 5) is 10.4. The average molecular weight is 290 g/mol. The number of nitrogens with zero attached hydrogens (tertiary/aromatic N) is 2. The van der Waals surface area contributed by atoms with E-state index in [1.54, 1.807) is 31.2 Å². The second-order valence-corrected chi connectivity index (χ2v) is 4.56. The molecule has 0 atom stereocenters. The quantitative estimate of drug-likeness (QED) is 0.525. The third-order valence-electron chi connectivity index (χ3n) is 2.70. The van der Waals surface area contributed by atoms with Crippen molar-refractivity contribution < 1.29 is 4.92 Å². The first-order chi connectivity index (χ1) is 9.58. The molecular weight excluding hydrogens is 278 g/mol. The van der Waals surface area contributed by atoms with Gasteiger partial charge < -0.3 is 0 Å². The van der Waals surface area contributed by atoms with Gasteiger partial charge in [0.1, 0.15) is 0 Å². The predicted molar refractivity (Wildman–Crippen MR) is 80.5 cm³/mol. The summed E-state index contributed by atoms with van der Waals surface area (Å²) in [6.07, 6.45) is 1.51. The monoisotopic (exact) mass is 289 g/mol. The Kier molecular flexibility index (Phi) is 4.32. The highest BCUT2D eigenvalue weighted by Gasteiger charge is 2.09. The zero-order valence-electron chi connectivity index (χ0n) is 10.7. The lowest BCUT2D eigenvalue weighted by Gasteiger charge is -2.02. The van der Waals surface area contributed by atoms with Gasteiger partial charge >= 0.3 is 0 Å². The molecule has 2 aromatic rings. The molecule has 0 aliphatic rings. The number of hydrogen-bond donors (Lipinski definition) is 1. The predicted octanol–water partition coefficient (Wildman–Crippen LogP) is 4.00. The summed E-state index contributed by atoms with van der Waals surface area (Å²) in [6, 6.07) is 12.1. The molecule has 0 heterocycles. The second-order valence-electron chi connectivity index (χ2n) is 4.15. The van der Waals surface area contributed by atoms with Crippen molar-refractivity contribution in [2.75, 3.05) is 5.43 Å². The summed E-state index contributed by atoms with van der Waals surface area (Å²) in [5.74, 6) is 0. The van der Waals surface area contributed by atoms with Crippen LogP contribution in [0.1, 0.15) is 11.1 Å². The van der Waals surface area contributed by atoms with Crippen LogP contribution in [0.5, 0.6) is 0 Å². The first-order valence-corrected chi connectivity index (χ1v) is 6.24. The standard InChI is InChI=1S/C14H12ClN3O2/c1-10-6-7-11(8-14(10)18(19)20)9-16-17-13-5-3-2-4-12(13)15/h2-9,17H,1H3/b16-9-. The molecule has 0 fully saturated rings. The summed E-state index contributed by atoms with van der Waals surface area (Å²) in [5, 5.41) is 15.4. The van der Waals surface area contributed by atoms with Crippen molar-refractivity contribution >= 4 is 29.2 Å². The highest BCUT2D eigenvalue weighted by Crippen LogP contribution is 2.21. The fraction of sp³-hybridized carbons (Fsp3) is 0.0714. The van der Waals surface area contributed by atoms with E-state index in [2.05, 4.69) is 10.5 Å². The van der Waals surface area contributed by atoms with Gasteiger partial charge in [0.25, 0.3) is 5.69 Å². The molecule has 5 nitrogen and oxygen atoms in total. The zero-order valence-corrected chi connectivity index (χ0v) is 11.5. The highest BCUT2D eigenvalue weighted by molar-refractivity contribution is 6.33. The number of hydrogen-bond acceptors (Lipinski definition) is 4. The Morgan fingerprint density at radius 2 is 2.05 bits per heavy atom. The van der Waals surface area contributed by atoms with Crippen LogP contribution in [0.3, 0.4) is 0 Å². The largest absolute Gasteiger partial charge is 0.277 e. The molecule has 0 saturated carbocycles. The molecule has 0 saturated heterocycles. The lowest BCUT2D eigenvalue weighted by Crippen LogP contribution is -1.95. The van der Waals surface area contributed by atoms with Gasteiger partial charge in [-0.1, -0.05) is 35.9 Å². The minimum Gasteiger partial charge on any atom is -0.277 e. The fourth-order valence-electron chi connectivity index (χ4n) is 1.63. The lowest BCUT2D eigenvalue weighted by molar-refractivity contribution is -0.385. The SMILES string of the molecule is Cc1ccc(/C=N\Nc2ccccc2Cl)cc1[N+](=O)[O-]. The Hall–Kier alpha value is -2.40. The number of rotatable bonds is 4. The lowest BCUT2D eigenvalue weighted by atomic mass is 10.1. The van der Waals surface area contributed by atoms with Gasteiger partial charge in [-0.25, -0.2) is 0 Å². The molecule has 2 aromatic carbocycles. The van der Waals surface area contributed by atoms with Crippen LogP contribution in [0.25, 0.3) is 0 Å². The van der Waals surface area contributed by atoms with Crippen molar-refractivity contribution in [3.8, 4) is 0 Å². The number of anilines is 1. The van der Waals surface area contributed by atoms with Crippen molar-refractivity contribution in [1.82, 2.24) is 0 Å². The Balaban J connectivity index is 2.14. The van der Waals surface area contributed by atoms with E-state index in [4.69, 9.17) is 11.6 Å². The van der Waals surface area contributed by atoms with E-state index >= 15 is 0 Å². The van der Waals surface area contributed by atoms with Gasteiger partial charge in [0.15, 0.2) is 0 Å². The van der Waals surface area contributed by atoms with E-state index in [-0.39, 0.29) is 5.69 Å². The molecule has 1 N–H and O–H groups in total. The van der Waals surface area contributed by atoms with E-state index in [9.17, 15) is 10.1 Å². The number of hydrazone groups is 1. The molecule has 6 heteroatoms. The van der Waals surface area contributed by atoms with Crippen molar-refractivity contribution in [2.45, 2.75) is 6.92 Å². The third kappa shape index (κ3) is 3.33. The number of aryl methyl sites for hydroxylation is 1. The maximum Gasteiger partial charge on any atom is 0.272 e. The van der Waals surface area contributed by atoms with E-state index in [0.29, 0.717) is 21.8 Å². The molecule has 0 amide bonds. The topological polar surface area (TPSA) is 67.5 Å². The number of benzene rings is 2. The van der Waals surface area contributed by atoms with E-state index < -0.39 is 4.92 Å². The van der Waals surface area contributed by atoms with Gasteiger partial charge in [0.05, 0.1) is 21.8 Å². The smallest absolute Gasteiger partial charge is 0.272 e. The Bertz CT molecular complexity index is 671. The second kappa shape index (κ2) is 6.16.